The van der Waals surface area contributed by atoms with Gasteiger partial charge in [-0.05, 0) is 75.7 Å². The first-order valence-electron chi connectivity index (χ1n) is 21.3. The summed E-state index contributed by atoms with van der Waals surface area (Å²) in [5, 5.41) is 31.6. The maximum absolute atomic E-state index is 14.2. The number of nitrogens with one attached hydrogen (secondary N) is 8. The van der Waals surface area contributed by atoms with Gasteiger partial charge in [-0.15, -0.1) is 0 Å². The Morgan fingerprint density at radius 2 is 1.03 bits per heavy atom. The number of carbonyl (C=O) groups is 8. The van der Waals surface area contributed by atoms with E-state index in [1.807, 2.05) is 13.8 Å². The summed E-state index contributed by atoms with van der Waals surface area (Å²) in [4.78, 5) is 110. The Balaban J connectivity index is 2.09. The van der Waals surface area contributed by atoms with Crippen molar-refractivity contribution in [2.24, 2.45) is 23.1 Å². The molecule has 346 valence electrons. The molecule has 8 atom stereocenters. The molecule has 8 amide bonds. The molecule has 0 aliphatic carbocycles. The van der Waals surface area contributed by atoms with Crippen molar-refractivity contribution in [1.29, 1.82) is 0 Å². The van der Waals surface area contributed by atoms with Gasteiger partial charge in [0.2, 0.25) is 47.3 Å². The summed E-state index contributed by atoms with van der Waals surface area (Å²) in [7, 11) is 0. The largest absolute Gasteiger partial charge is 0.391 e. The zero-order valence-electron chi connectivity index (χ0n) is 36.2. The summed E-state index contributed by atoms with van der Waals surface area (Å²) in [6.45, 7) is 4.46. The fourth-order valence-electron chi connectivity index (χ4n) is 6.83. The van der Waals surface area contributed by atoms with Crippen LogP contribution in [0.4, 0.5) is 0 Å². The summed E-state index contributed by atoms with van der Waals surface area (Å²) in [5.41, 5.74) is 18.8. The van der Waals surface area contributed by atoms with Gasteiger partial charge in [0.1, 0.15) is 42.3 Å². The average Bonchev–Trinajstić information content (AvgIpc) is 3.24. The van der Waals surface area contributed by atoms with Crippen LogP contribution in [0.2, 0.25) is 0 Å². The number of aliphatic hydroxyl groups excluding tert-OH is 1. The van der Waals surface area contributed by atoms with Gasteiger partial charge >= 0.3 is 0 Å². The predicted octanol–water partition coefficient (Wildman–Crippen LogP) is -3.14. The van der Waals surface area contributed by atoms with E-state index in [4.69, 9.17) is 17.2 Å². The molecular formula is C43H65N11O9. The number of hydrogen-bond donors (Lipinski definition) is 12. The van der Waals surface area contributed by atoms with Crippen LogP contribution in [0.5, 0.6) is 0 Å². The van der Waals surface area contributed by atoms with Gasteiger partial charge in [0, 0.05) is 13.0 Å². The third kappa shape index (κ3) is 17.4. The molecule has 1 fully saturated rings. The minimum absolute atomic E-state index is 0.0220. The van der Waals surface area contributed by atoms with E-state index in [-0.39, 0.29) is 77.0 Å². The third-order valence-electron chi connectivity index (χ3n) is 10.2. The quantitative estimate of drug-likeness (QED) is 0.0896. The smallest absolute Gasteiger partial charge is 0.245 e. The minimum Gasteiger partial charge on any atom is -0.391 e. The van der Waals surface area contributed by atoms with Crippen molar-refractivity contribution in [3.63, 3.8) is 0 Å². The lowest BCUT2D eigenvalue weighted by molar-refractivity contribution is -0.136. The molecule has 0 aromatic heterocycles. The first kappa shape index (κ1) is 51.4. The van der Waals surface area contributed by atoms with E-state index in [1.54, 1.807) is 60.7 Å². The second kappa shape index (κ2) is 26.5. The fraction of sp³-hybridized carbons (Fsp3) is 0.535. The molecule has 0 radical (unpaired) electrons. The molecule has 0 bridgehead atoms. The highest BCUT2D eigenvalue weighted by molar-refractivity contribution is 5.98. The third-order valence-corrected chi connectivity index (χ3v) is 10.2. The Labute approximate surface area is 367 Å². The summed E-state index contributed by atoms with van der Waals surface area (Å²) < 4.78 is 0. The molecule has 1 heterocycles. The normalized spacial score (nSPS) is 24.4. The van der Waals surface area contributed by atoms with E-state index in [9.17, 15) is 43.5 Å². The van der Waals surface area contributed by atoms with Gasteiger partial charge in [-0.2, -0.15) is 0 Å². The number of benzene rings is 2. The van der Waals surface area contributed by atoms with Crippen LogP contribution in [0.3, 0.4) is 0 Å². The number of rotatable bonds is 14. The molecule has 1 aliphatic heterocycles. The Bertz CT molecular complexity index is 1830. The molecular weight excluding hydrogens is 815 g/mol. The van der Waals surface area contributed by atoms with Gasteiger partial charge < -0.3 is 64.8 Å². The SMILES string of the molecule is CC(C)C[C@@H]1NC(=O)[C@@H](Cc2ccccc2)NC(=O)[C@H](CCN)NC(=O)[C@@H](NC(=O)Cc2ccccc2)CCNC(=O)[C@H]([C@@H](C)O)NC(=O)[C@H](CCN)NC(=O)[C@H](CCN)NC1=O. The van der Waals surface area contributed by atoms with Gasteiger partial charge in [-0.1, -0.05) is 74.5 Å². The Morgan fingerprint density at radius 1 is 0.603 bits per heavy atom. The number of amides is 8. The van der Waals surface area contributed by atoms with Crippen LogP contribution in [0.15, 0.2) is 60.7 Å². The van der Waals surface area contributed by atoms with Crippen molar-refractivity contribution in [3.8, 4) is 0 Å². The molecule has 1 aliphatic rings. The maximum atomic E-state index is 14.2. The molecule has 0 saturated carbocycles. The summed E-state index contributed by atoms with van der Waals surface area (Å²) >= 11 is 0. The van der Waals surface area contributed by atoms with E-state index in [0.717, 1.165) is 0 Å². The monoisotopic (exact) mass is 879 g/mol. The van der Waals surface area contributed by atoms with E-state index in [1.165, 1.54) is 6.92 Å². The van der Waals surface area contributed by atoms with Crippen LogP contribution < -0.4 is 59.7 Å². The van der Waals surface area contributed by atoms with Crippen molar-refractivity contribution < 1.29 is 43.5 Å². The van der Waals surface area contributed by atoms with Crippen molar-refractivity contribution in [3.05, 3.63) is 71.8 Å². The van der Waals surface area contributed by atoms with E-state index < -0.39 is 95.7 Å². The van der Waals surface area contributed by atoms with E-state index in [0.29, 0.717) is 11.1 Å². The van der Waals surface area contributed by atoms with E-state index >= 15 is 0 Å². The highest BCUT2D eigenvalue weighted by Gasteiger charge is 2.35. The van der Waals surface area contributed by atoms with Gasteiger partial charge in [0.25, 0.3) is 0 Å². The van der Waals surface area contributed by atoms with Gasteiger partial charge in [0.15, 0.2) is 0 Å². The second-order valence-corrected chi connectivity index (χ2v) is 15.9. The molecule has 1 saturated heterocycles. The summed E-state index contributed by atoms with van der Waals surface area (Å²) in [6, 6.07) is 8.27. The highest BCUT2D eigenvalue weighted by atomic mass is 16.3. The summed E-state index contributed by atoms with van der Waals surface area (Å²) in [6.07, 6.45) is -1.90. The van der Waals surface area contributed by atoms with Crippen molar-refractivity contribution in [2.75, 3.05) is 26.2 Å². The van der Waals surface area contributed by atoms with Crippen LogP contribution in [0.1, 0.15) is 64.0 Å². The molecule has 3 rings (SSSR count). The topological polar surface area (TPSA) is 331 Å². The molecule has 20 nitrogen and oxygen atoms in total. The van der Waals surface area contributed by atoms with E-state index in [2.05, 4.69) is 42.5 Å². The molecule has 63 heavy (non-hydrogen) atoms. The lowest BCUT2D eigenvalue weighted by Gasteiger charge is -2.28. The van der Waals surface area contributed by atoms with Crippen LogP contribution in [0, 0.1) is 5.92 Å². The Morgan fingerprint density at radius 3 is 1.52 bits per heavy atom. The number of nitrogens with two attached hydrogens (primary N) is 3. The zero-order valence-corrected chi connectivity index (χ0v) is 36.2. The summed E-state index contributed by atoms with van der Waals surface area (Å²) in [5.74, 6) is -6.27. The van der Waals surface area contributed by atoms with Crippen molar-refractivity contribution in [2.45, 2.75) is 114 Å². The lowest BCUT2D eigenvalue weighted by atomic mass is 10.00. The molecule has 2 aromatic rings. The molecule has 0 unspecified atom stereocenters. The standard InChI is InChI=1S/C43H65N11O9/c1-25(2)22-33-41(61)51-29(14-18-44)37(57)50-31(16-20-46)40(60)54-36(26(3)55)43(63)47-21-17-32(48-35(56)24-28-12-8-5-9-13-28)39(59)49-30(15-19-45)38(58)53-34(42(62)52-33)23-27-10-6-4-7-11-27/h4-13,25-26,29-34,36,55H,14-24,44-46H2,1-3H3,(H,47,63)(H,48,56)(H,49,59)(H,50,57)(H,51,61)(H,52,62)(H,53,58)(H,54,60)/t26-,29+,30+,31+,32+,33+,34-,36+/m1/s1. The minimum atomic E-state index is -1.54. The predicted molar refractivity (Wildman–Crippen MR) is 234 cm³/mol. The molecule has 15 N–H and O–H groups in total. The number of hydrogen-bond acceptors (Lipinski definition) is 12. The second-order valence-electron chi connectivity index (χ2n) is 15.9. The molecule has 0 spiro atoms. The fourth-order valence-corrected chi connectivity index (χ4v) is 6.83. The Kier molecular flexibility index (Phi) is 21.6. The van der Waals surface area contributed by atoms with Crippen LogP contribution in [0.25, 0.3) is 0 Å². The molecule has 2 aromatic carbocycles. The Hall–Kier alpha value is -5.96. The first-order valence-corrected chi connectivity index (χ1v) is 21.3. The maximum Gasteiger partial charge on any atom is 0.245 e. The number of aliphatic hydroxyl groups is 1. The van der Waals surface area contributed by atoms with Crippen LogP contribution in [-0.2, 0) is 51.2 Å². The van der Waals surface area contributed by atoms with Crippen LogP contribution in [-0.4, -0.2) is 127 Å². The van der Waals surface area contributed by atoms with Gasteiger partial charge in [0.05, 0.1) is 12.5 Å². The average molecular weight is 880 g/mol. The van der Waals surface area contributed by atoms with Gasteiger partial charge in [-0.25, -0.2) is 0 Å². The molecule has 20 heteroatoms. The van der Waals surface area contributed by atoms with Crippen molar-refractivity contribution in [1.82, 2.24) is 42.5 Å². The highest BCUT2D eigenvalue weighted by Crippen LogP contribution is 2.11. The lowest BCUT2D eigenvalue weighted by Crippen LogP contribution is -2.61. The number of carbonyl (C=O) groups excluding carboxylic acids is 8. The zero-order chi connectivity index (χ0) is 46.5. The van der Waals surface area contributed by atoms with Crippen molar-refractivity contribution >= 4 is 47.3 Å². The van der Waals surface area contributed by atoms with Crippen LogP contribution >= 0.6 is 0 Å². The van der Waals surface area contributed by atoms with Gasteiger partial charge in [-0.3, -0.25) is 38.4 Å². The first-order chi connectivity index (χ1) is 30.1.